The first kappa shape index (κ1) is 6.03. The minimum atomic E-state index is -0.361. The van der Waals surface area contributed by atoms with Crippen molar-refractivity contribution in [1.29, 1.82) is 0 Å². The molecule has 0 unspecified atom stereocenters. The summed E-state index contributed by atoms with van der Waals surface area (Å²) in [5.74, 6) is 0. The van der Waals surface area contributed by atoms with E-state index < -0.39 is 0 Å². The van der Waals surface area contributed by atoms with Crippen molar-refractivity contribution in [3.63, 3.8) is 0 Å². The van der Waals surface area contributed by atoms with Crippen LogP contribution in [0, 0.1) is 0 Å². The molecule has 1 aromatic rings. The van der Waals surface area contributed by atoms with E-state index in [0.29, 0.717) is 0 Å². The largest absolute Gasteiger partial charge is 0.374 e. The average Bonchev–Trinajstić information content (AvgIpc) is 2.15. The number of aliphatic hydroxyl groups is 1. The summed E-state index contributed by atoms with van der Waals surface area (Å²) >= 11 is 0. The van der Waals surface area contributed by atoms with Gasteiger partial charge in [0.05, 0.1) is 0 Å². The predicted molar refractivity (Wildman–Crippen MR) is 29.7 cm³/mol. The SMILES string of the molecule is Cn1cnn(CO)c1=O. The molecule has 0 aromatic carbocycles. The standard InChI is InChI=1S/C4H7N3O2/c1-6-2-5-7(3-8)4(6)9/h2,8H,3H2,1H3. The summed E-state index contributed by atoms with van der Waals surface area (Å²) in [6.07, 6.45) is 1.35. The molecule has 0 atom stereocenters. The van der Waals surface area contributed by atoms with Gasteiger partial charge in [-0.25, -0.2) is 4.79 Å². The van der Waals surface area contributed by atoms with Gasteiger partial charge in [-0.3, -0.25) is 4.57 Å². The number of aromatic nitrogens is 3. The third-order valence-electron chi connectivity index (χ3n) is 1.02. The molecular formula is C4H7N3O2. The molecule has 0 radical (unpaired) electrons. The Morgan fingerprint density at radius 1 is 1.89 bits per heavy atom. The lowest BCUT2D eigenvalue weighted by Crippen LogP contribution is -2.22. The van der Waals surface area contributed by atoms with E-state index in [2.05, 4.69) is 5.10 Å². The average molecular weight is 129 g/mol. The fourth-order valence-corrected chi connectivity index (χ4v) is 0.518. The lowest BCUT2D eigenvalue weighted by Gasteiger charge is -1.86. The number of nitrogens with zero attached hydrogens (tertiary/aromatic N) is 3. The van der Waals surface area contributed by atoms with E-state index in [4.69, 9.17) is 5.11 Å². The van der Waals surface area contributed by atoms with Crippen molar-refractivity contribution in [1.82, 2.24) is 14.3 Å². The molecular weight excluding hydrogens is 122 g/mol. The monoisotopic (exact) mass is 129 g/mol. The molecule has 0 saturated carbocycles. The van der Waals surface area contributed by atoms with Gasteiger partial charge >= 0.3 is 5.69 Å². The van der Waals surface area contributed by atoms with Crippen molar-refractivity contribution >= 4 is 0 Å². The molecule has 50 valence electrons. The minimum absolute atomic E-state index is 0.308. The zero-order valence-corrected chi connectivity index (χ0v) is 4.98. The zero-order chi connectivity index (χ0) is 6.85. The maximum absolute atomic E-state index is 10.7. The number of rotatable bonds is 1. The van der Waals surface area contributed by atoms with Crippen LogP contribution >= 0.6 is 0 Å². The van der Waals surface area contributed by atoms with Crippen LogP contribution < -0.4 is 5.69 Å². The highest BCUT2D eigenvalue weighted by atomic mass is 16.3. The molecule has 5 nitrogen and oxygen atoms in total. The van der Waals surface area contributed by atoms with Crippen LogP contribution in [0.25, 0.3) is 0 Å². The summed E-state index contributed by atoms with van der Waals surface area (Å²) in [5, 5.41) is 12.0. The maximum Gasteiger partial charge on any atom is 0.347 e. The second-order valence-corrected chi connectivity index (χ2v) is 1.67. The molecule has 0 bridgehead atoms. The summed E-state index contributed by atoms with van der Waals surface area (Å²) in [6.45, 7) is -0.361. The van der Waals surface area contributed by atoms with Crippen LogP contribution in [0.3, 0.4) is 0 Å². The maximum atomic E-state index is 10.7. The summed E-state index contributed by atoms with van der Waals surface area (Å²) in [4.78, 5) is 10.7. The van der Waals surface area contributed by atoms with Crippen LogP contribution in [0.2, 0.25) is 0 Å². The van der Waals surface area contributed by atoms with Crippen LogP contribution in [0.1, 0.15) is 0 Å². The Hall–Kier alpha value is -1.10. The number of aryl methyl sites for hydroxylation is 1. The van der Waals surface area contributed by atoms with E-state index in [1.807, 2.05) is 0 Å². The first-order chi connectivity index (χ1) is 4.25. The Morgan fingerprint density at radius 2 is 2.56 bits per heavy atom. The minimum Gasteiger partial charge on any atom is -0.374 e. The van der Waals surface area contributed by atoms with Crippen molar-refractivity contribution in [2.24, 2.45) is 7.05 Å². The normalized spacial score (nSPS) is 10.0. The number of aliphatic hydroxyl groups excluding tert-OH is 1. The second-order valence-electron chi connectivity index (χ2n) is 1.67. The Morgan fingerprint density at radius 3 is 2.78 bits per heavy atom. The van der Waals surface area contributed by atoms with E-state index in [0.717, 1.165) is 4.68 Å². The molecule has 1 rings (SSSR count). The van der Waals surface area contributed by atoms with Gasteiger partial charge in [0.25, 0.3) is 0 Å². The zero-order valence-electron chi connectivity index (χ0n) is 4.98. The van der Waals surface area contributed by atoms with Crippen molar-refractivity contribution in [2.45, 2.75) is 6.73 Å². The van der Waals surface area contributed by atoms with Crippen LogP contribution in [-0.4, -0.2) is 19.5 Å². The van der Waals surface area contributed by atoms with Gasteiger partial charge in [0.2, 0.25) is 0 Å². The van der Waals surface area contributed by atoms with Crippen molar-refractivity contribution in [2.75, 3.05) is 0 Å². The summed E-state index contributed by atoms with van der Waals surface area (Å²) < 4.78 is 2.25. The Kier molecular flexibility index (Phi) is 1.35. The van der Waals surface area contributed by atoms with Gasteiger partial charge < -0.3 is 5.11 Å². The Balaban J connectivity index is 3.20. The molecule has 1 N–H and O–H groups in total. The summed E-state index contributed by atoms with van der Waals surface area (Å²) in [5.41, 5.74) is -0.308. The lowest BCUT2D eigenvalue weighted by molar-refractivity contribution is 0.190. The van der Waals surface area contributed by atoms with Crippen molar-refractivity contribution in [3.05, 3.63) is 16.8 Å². The van der Waals surface area contributed by atoms with Gasteiger partial charge in [-0.05, 0) is 0 Å². The van der Waals surface area contributed by atoms with Crippen LogP contribution in [0.5, 0.6) is 0 Å². The molecule has 1 aromatic heterocycles. The smallest absolute Gasteiger partial charge is 0.347 e. The molecule has 0 spiro atoms. The molecule has 0 fully saturated rings. The quantitative estimate of drug-likeness (QED) is 0.503. The van der Waals surface area contributed by atoms with E-state index in [-0.39, 0.29) is 12.4 Å². The Bertz CT molecular complexity index is 249. The lowest BCUT2D eigenvalue weighted by atomic mass is 11.0. The molecule has 0 aliphatic heterocycles. The highest BCUT2D eigenvalue weighted by molar-refractivity contribution is 4.62. The summed E-state index contributed by atoms with van der Waals surface area (Å²) in [6, 6.07) is 0. The molecule has 9 heavy (non-hydrogen) atoms. The van der Waals surface area contributed by atoms with E-state index in [1.54, 1.807) is 7.05 Å². The van der Waals surface area contributed by atoms with Gasteiger partial charge in [0.15, 0.2) is 0 Å². The Labute approximate surface area is 51.2 Å². The molecule has 0 saturated heterocycles. The van der Waals surface area contributed by atoms with Crippen molar-refractivity contribution < 1.29 is 5.11 Å². The van der Waals surface area contributed by atoms with Gasteiger partial charge in [0.1, 0.15) is 13.1 Å². The molecule has 1 heterocycles. The van der Waals surface area contributed by atoms with Gasteiger partial charge in [-0.15, -0.1) is 0 Å². The third-order valence-corrected chi connectivity index (χ3v) is 1.02. The van der Waals surface area contributed by atoms with E-state index >= 15 is 0 Å². The molecule has 0 aliphatic carbocycles. The molecule has 0 aliphatic rings. The predicted octanol–water partition coefficient (Wildman–Crippen LogP) is -1.47. The van der Waals surface area contributed by atoms with Crippen LogP contribution in [-0.2, 0) is 13.8 Å². The van der Waals surface area contributed by atoms with Gasteiger partial charge in [0, 0.05) is 7.05 Å². The van der Waals surface area contributed by atoms with Gasteiger partial charge in [-0.1, -0.05) is 0 Å². The van der Waals surface area contributed by atoms with E-state index in [1.165, 1.54) is 10.9 Å². The van der Waals surface area contributed by atoms with E-state index in [9.17, 15) is 4.79 Å². The highest BCUT2D eigenvalue weighted by Gasteiger charge is 1.95. The first-order valence-corrected chi connectivity index (χ1v) is 2.45. The third kappa shape index (κ3) is 0.857. The number of hydrogen-bond acceptors (Lipinski definition) is 3. The number of hydrogen-bond donors (Lipinski definition) is 1. The fourth-order valence-electron chi connectivity index (χ4n) is 0.518. The fraction of sp³-hybridized carbons (Fsp3) is 0.500. The van der Waals surface area contributed by atoms with Crippen LogP contribution in [0.15, 0.2) is 11.1 Å². The summed E-state index contributed by atoms with van der Waals surface area (Å²) in [7, 11) is 1.57. The van der Waals surface area contributed by atoms with Crippen LogP contribution in [0.4, 0.5) is 0 Å². The second kappa shape index (κ2) is 2.02. The molecule has 0 amide bonds. The topological polar surface area (TPSA) is 60.1 Å². The van der Waals surface area contributed by atoms with Gasteiger partial charge in [-0.2, -0.15) is 9.78 Å². The first-order valence-electron chi connectivity index (χ1n) is 2.45. The molecule has 5 heteroatoms. The van der Waals surface area contributed by atoms with Crippen molar-refractivity contribution in [3.8, 4) is 0 Å². The highest BCUT2D eigenvalue weighted by Crippen LogP contribution is 1.69.